The molecule has 1 aliphatic rings. The van der Waals surface area contributed by atoms with E-state index in [1.807, 2.05) is 11.0 Å². The number of aliphatic hydroxyl groups excluding tert-OH is 1. The van der Waals surface area contributed by atoms with Crippen LogP contribution in [0.15, 0.2) is 18.8 Å². The van der Waals surface area contributed by atoms with E-state index in [1.165, 1.54) is 0 Å². The fraction of sp³-hybridized carbons (Fsp3) is 0.417. The molecule has 0 bridgehead atoms. The number of hydrogen-bond donors (Lipinski definition) is 1. The van der Waals surface area contributed by atoms with Gasteiger partial charge in [-0.05, 0) is 25.0 Å². The van der Waals surface area contributed by atoms with Crippen LogP contribution in [0.25, 0.3) is 6.08 Å². The highest BCUT2D eigenvalue weighted by molar-refractivity contribution is 6.33. The van der Waals surface area contributed by atoms with E-state index in [1.54, 1.807) is 12.3 Å². The van der Waals surface area contributed by atoms with Gasteiger partial charge < -0.3 is 10.0 Å². The molecule has 1 aromatic rings. The zero-order valence-electron chi connectivity index (χ0n) is 9.23. The van der Waals surface area contributed by atoms with Gasteiger partial charge in [0.25, 0.3) is 0 Å². The number of aromatic nitrogens is 1. The van der Waals surface area contributed by atoms with Crippen molar-refractivity contribution in [1.29, 1.82) is 0 Å². The van der Waals surface area contributed by atoms with Gasteiger partial charge in [-0.15, -0.1) is 0 Å². The van der Waals surface area contributed by atoms with E-state index in [0.29, 0.717) is 11.6 Å². The SMILES string of the molecule is C=Cc1cnc(N2CC(O)CC2C)c(Cl)c1. The topological polar surface area (TPSA) is 36.4 Å². The lowest BCUT2D eigenvalue weighted by Gasteiger charge is -2.23. The van der Waals surface area contributed by atoms with Crippen molar-refractivity contribution in [1.82, 2.24) is 4.98 Å². The van der Waals surface area contributed by atoms with E-state index in [9.17, 15) is 5.11 Å². The second-order valence-electron chi connectivity index (χ2n) is 4.17. The van der Waals surface area contributed by atoms with Crippen LogP contribution in [-0.4, -0.2) is 28.8 Å². The molecule has 16 heavy (non-hydrogen) atoms. The smallest absolute Gasteiger partial charge is 0.147 e. The monoisotopic (exact) mass is 238 g/mol. The predicted molar refractivity (Wildman–Crippen MR) is 66.8 cm³/mol. The molecule has 0 amide bonds. The number of nitrogens with zero attached hydrogens (tertiary/aromatic N) is 2. The lowest BCUT2D eigenvalue weighted by atomic mass is 10.2. The molecule has 2 heterocycles. The Labute approximate surface area is 100 Å². The van der Waals surface area contributed by atoms with Crippen molar-refractivity contribution in [3.63, 3.8) is 0 Å². The first-order chi connectivity index (χ1) is 7.61. The van der Waals surface area contributed by atoms with Crippen molar-refractivity contribution < 1.29 is 5.11 Å². The fourth-order valence-corrected chi connectivity index (χ4v) is 2.35. The molecule has 2 unspecified atom stereocenters. The van der Waals surface area contributed by atoms with Crippen LogP contribution in [0.1, 0.15) is 18.9 Å². The minimum absolute atomic E-state index is 0.273. The molecule has 0 radical (unpaired) electrons. The third-order valence-corrected chi connectivity index (χ3v) is 3.18. The zero-order valence-corrected chi connectivity index (χ0v) is 9.98. The highest BCUT2D eigenvalue weighted by atomic mass is 35.5. The Morgan fingerprint density at radius 1 is 1.69 bits per heavy atom. The molecule has 4 heteroatoms. The minimum Gasteiger partial charge on any atom is -0.391 e. The molecule has 0 saturated carbocycles. The molecule has 0 spiro atoms. The van der Waals surface area contributed by atoms with Gasteiger partial charge in [0.1, 0.15) is 5.82 Å². The number of rotatable bonds is 2. The van der Waals surface area contributed by atoms with E-state index in [4.69, 9.17) is 11.6 Å². The summed E-state index contributed by atoms with van der Waals surface area (Å²) in [4.78, 5) is 6.37. The maximum Gasteiger partial charge on any atom is 0.147 e. The van der Waals surface area contributed by atoms with Crippen LogP contribution in [0.2, 0.25) is 5.02 Å². The quantitative estimate of drug-likeness (QED) is 0.859. The van der Waals surface area contributed by atoms with Crippen LogP contribution >= 0.6 is 11.6 Å². The van der Waals surface area contributed by atoms with Gasteiger partial charge in [0.15, 0.2) is 0 Å². The van der Waals surface area contributed by atoms with Gasteiger partial charge >= 0.3 is 0 Å². The van der Waals surface area contributed by atoms with E-state index in [-0.39, 0.29) is 12.1 Å². The summed E-state index contributed by atoms with van der Waals surface area (Å²) >= 11 is 6.17. The first kappa shape index (κ1) is 11.4. The first-order valence-corrected chi connectivity index (χ1v) is 5.72. The Balaban J connectivity index is 2.30. The molecular weight excluding hydrogens is 224 g/mol. The molecule has 2 rings (SSSR count). The Kier molecular flexibility index (Phi) is 3.17. The number of β-amino-alcohol motifs (C(OH)–C–C–N with tert-alkyl or cyclic N) is 1. The second-order valence-corrected chi connectivity index (χ2v) is 4.58. The molecule has 1 N–H and O–H groups in total. The lowest BCUT2D eigenvalue weighted by molar-refractivity contribution is 0.195. The number of hydrogen-bond acceptors (Lipinski definition) is 3. The van der Waals surface area contributed by atoms with Gasteiger partial charge in [-0.3, -0.25) is 0 Å². The van der Waals surface area contributed by atoms with Crippen LogP contribution in [0.3, 0.4) is 0 Å². The standard InChI is InChI=1S/C12H15ClN2O/c1-3-9-5-11(13)12(14-6-9)15-7-10(16)4-8(15)2/h3,5-6,8,10,16H,1,4,7H2,2H3. The molecular formula is C12H15ClN2O. The predicted octanol–water partition coefficient (Wildman–Crippen LogP) is 2.34. The lowest BCUT2D eigenvalue weighted by Crippen LogP contribution is -2.28. The fourth-order valence-electron chi connectivity index (χ4n) is 2.07. The molecule has 2 atom stereocenters. The summed E-state index contributed by atoms with van der Waals surface area (Å²) in [6.07, 6.45) is 3.93. The van der Waals surface area contributed by atoms with Crippen LogP contribution in [0, 0.1) is 0 Å². The first-order valence-electron chi connectivity index (χ1n) is 5.34. The Hall–Kier alpha value is -1.06. The van der Waals surface area contributed by atoms with Crippen LogP contribution in [0.5, 0.6) is 0 Å². The number of anilines is 1. The molecule has 3 nitrogen and oxygen atoms in total. The molecule has 1 saturated heterocycles. The average molecular weight is 239 g/mol. The summed E-state index contributed by atoms with van der Waals surface area (Å²) in [5.74, 6) is 0.747. The maximum absolute atomic E-state index is 9.59. The normalized spacial score (nSPS) is 24.8. The molecule has 1 aliphatic heterocycles. The van der Waals surface area contributed by atoms with Crippen molar-refractivity contribution in [2.24, 2.45) is 0 Å². The second kappa shape index (κ2) is 4.44. The van der Waals surface area contributed by atoms with Crippen molar-refractivity contribution in [3.05, 3.63) is 29.4 Å². The molecule has 0 aliphatic carbocycles. The summed E-state index contributed by atoms with van der Waals surface area (Å²) in [6, 6.07) is 2.11. The summed E-state index contributed by atoms with van der Waals surface area (Å²) in [7, 11) is 0. The maximum atomic E-state index is 9.59. The van der Waals surface area contributed by atoms with Crippen molar-refractivity contribution in [2.45, 2.75) is 25.5 Å². The van der Waals surface area contributed by atoms with Gasteiger partial charge in [-0.1, -0.05) is 24.3 Å². The van der Waals surface area contributed by atoms with Crippen molar-refractivity contribution >= 4 is 23.5 Å². The van der Waals surface area contributed by atoms with Gasteiger partial charge in [0, 0.05) is 18.8 Å². The van der Waals surface area contributed by atoms with E-state index in [2.05, 4.69) is 18.5 Å². The Bertz CT molecular complexity index is 408. The molecule has 1 aromatic heterocycles. The van der Waals surface area contributed by atoms with Crippen LogP contribution < -0.4 is 4.90 Å². The number of halogens is 1. The highest BCUT2D eigenvalue weighted by Crippen LogP contribution is 2.30. The van der Waals surface area contributed by atoms with Crippen LogP contribution in [-0.2, 0) is 0 Å². The number of pyridine rings is 1. The Morgan fingerprint density at radius 2 is 2.44 bits per heavy atom. The van der Waals surface area contributed by atoms with E-state index >= 15 is 0 Å². The minimum atomic E-state index is -0.285. The van der Waals surface area contributed by atoms with E-state index in [0.717, 1.165) is 17.8 Å². The molecule has 1 fully saturated rings. The van der Waals surface area contributed by atoms with Gasteiger partial charge in [0.05, 0.1) is 11.1 Å². The van der Waals surface area contributed by atoms with Gasteiger partial charge in [-0.2, -0.15) is 0 Å². The third-order valence-electron chi connectivity index (χ3n) is 2.90. The summed E-state index contributed by atoms with van der Waals surface area (Å²) in [6.45, 7) is 6.34. The highest BCUT2D eigenvalue weighted by Gasteiger charge is 2.29. The largest absolute Gasteiger partial charge is 0.391 e. The van der Waals surface area contributed by atoms with Gasteiger partial charge in [-0.25, -0.2) is 4.98 Å². The summed E-state index contributed by atoms with van der Waals surface area (Å²) in [5, 5.41) is 10.2. The summed E-state index contributed by atoms with van der Waals surface area (Å²) in [5.41, 5.74) is 0.904. The average Bonchev–Trinajstić information content (AvgIpc) is 2.57. The zero-order chi connectivity index (χ0) is 11.7. The third kappa shape index (κ3) is 2.06. The van der Waals surface area contributed by atoms with E-state index < -0.39 is 0 Å². The van der Waals surface area contributed by atoms with Gasteiger partial charge in [0.2, 0.25) is 0 Å². The Morgan fingerprint density at radius 3 is 2.94 bits per heavy atom. The summed E-state index contributed by atoms with van der Waals surface area (Å²) < 4.78 is 0. The molecule has 86 valence electrons. The molecule has 0 aromatic carbocycles. The van der Waals surface area contributed by atoms with Crippen molar-refractivity contribution in [2.75, 3.05) is 11.4 Å². The number of aliphatic hydroxyl groups is 1. The van der Waals surface area contributed by atoms with Crippen molar-refractivity contribution in [3.8, 4) is 0 Å². The van der Waals surface area contributed by atoms with Crippen LogP contribution in [0.4, 0.5) is 5.82 Å².